The number of hydrogen-bond donors (Lipinski definition) is 9. The van der Waals surface area contributed by atoms with Gasteiger partial charge >= 0.3 is 30.5 Å². The summed E-state index contributed by atoms with van der Waals surface area (Å²) in [6.45, 7) is -1.70. The van der Waals surface area contributed by atoms with Gasteiger partial charge in [-0.25, -0.2) is 24.0 Å². The van der Waals surface area contributed by atoms with Crippen molar-refractivity contribution in [3.05, 3.63) is 204 Å². The summed E-state index contributed by atoms with van der Waals surface area (Å²) in [6.07, 6.45) is -16.1. The molecule has 4 aliphatic rings. The minimum absolute atomic E-state index is 0.0216. The third kappa shape index (κ3) is 21.0. The lowest BCUT2D eigenvalue weighted by Gasteiger charge is -2.47. The van der Waals surface area contributed by atoms with Crippen LogP contribution < -0.4 is 31.9 Å². The second-order valence-corrected chi connectivity index (χ2v) is 22.1. The van der Waals surface area contributed by atoms with E-state index in [-0.39, 0.29) is 65.4 Å². The summed E-state index contributed by atoms with van der Waals surface area (Å²) in [7, 11) is 0. The Morgan fingerprint density at radius 1 is 0.447 bits per heavy atom. The lowest BCUT2D eigenvalue weighted by Crippen LogP contribution is -2.68. The molecule has 0 unspecified atom stereocenters. The molecule has 1 saturated carbocycles. The highest BCUT2D eigenvalue weighted by atomic mass is 16.8. The van der Waals surface area contributed by atoms with Gasteiger partial charge in [-0.1, -0.05) is 176 Å². The van der Waals surface area contributed by atoms with Gasteiger partial charge in [-0.05, 0) is 34.2 Å². The van der Waals surface area contributed by atoms with Gasteiger partial charge in [0.15, 0.2) is 18.9 Å². The minimum Gasteiger partial charge on any atom is -0.445 e. The molecular formula is C67H75N7O20. The molecule has 0 spiro atoms. The molecule has 94 heavy (non-hydrogen) atoms. The van der Waals surface area contributed by atoms with Crippen molar-refractivity contribution in [3.63, 3.8) is 0 Å². The fraction of sp³-hybridized carbons (Fsp3) is 0.388. The van der Waals surface area contributed by atoms with E-state index in [2.05, 4.69) is 31.9 Å². The number of hydrogen-bond acceptors (Lipinski definition) is 21. The molecule has 5 aromatic carbocycles. The Labute approximate surface area is 541 Å². The number of benzene rings is 5. The summed E-state index contributed by atoms with van der Waals surface area (Å²) >= 11 is 0. The second kappa shape index (κ2) is 35.5. The number of nitrogens with one attached hydrogen (secondary N) is 6. The van der Waals surface area contributed by atoms with Crippen LogP contribution >= 0.6 is 0 Å². The quantitative estimate of drug-likeness (QED) is 0.0245. The predicted octanol–water partition coefficient (Wildman–Crippen LogP) is 5.07. The van der Waals surface area contributed by atoms with Crippen LogP contribution in [0.15, 0.2) is 176 Å². The van der Waals surface area contributed by atoms with E-state index >= 15 is 0 Å². The summed E-state index contributed by atoms with van der Waals surface area (Å²) in [5.74, 6) is -0.664. The molecule has 0 radical (unpaired) electrons. The highest BCUT2D eigenvalue weighted by Gasteiger charge is 2.54. The summed E-state index contributed by atoms with van der Waals surface area (Å²) < 4.78 is 66.4. The Hall–Kier alpha value is -9.47. The van der Waals surface area contributed by atoms with Gasteiger partial charge < -0.3 is 99.3 Å². The van der Waals surface area contributed by atoms with Crippen LogP contribution in [0.2, 0.25) is 0 Å². The van der Waals surface area contributed by atoms with Crippen molar-refractivity contribution in [3.8, 4) is 6.07 Å². The molecule has 3 heterocycles. The third-order valence-electron chi connectivity index (χ3n) is 15.2. The van der Waals surface area contributed by atoms with E-state index in [1.54, 1.807) is 152 Å². The molecular weight excluding hydrogens is 1220 g/mol. The lowest BCUT2D eigenvalue weighted by atomic mass is 9.83. The molecule has 3 aliphatic heterocycles. The molecule has 0 bridgehead atoms. The molecule has 15 atom stereocenters. The first-order chi connectivity index (χ1) is 45.8. The first-order valence-electron chi connectivity index (χ1n) is 30.5. The summed E-state index contributed by atoms with van der Waals surface area (Å²) in [5, 5.41) is 61.5. The van der Waals surface area contributed by atoms with Crippen LogP contribution in [0.3, 0.4) is 0 Å². The van der Waals surface area contributed by atoms with E-state index < -0.39 is 135 Å². The van der Waals surface area contributed by atoms with Gasteiger partial charge in [-0.3, -0.25) is 4.79 Å². The molecule has 6 amide bonds. The van der Waals surface area contributed by atoms with E-state index in [9.17, 15) is 49.3 Å². The van der Waals surface area contributed by atoms with Crippen LogP contribution in [0.5, 0.6) is 0 Å². The van der Waals surface area contributed by atoms with Crippen molar-refractivity contribution >= 4 is 36.4 Å². The maximum Gasteiger partial charge on any atom is 0.408 e. The Bertz CT molecular complexity index is 3320. The number of amides is 6. The zero-order valence-corrected chi connectivity index (χ0v) is 50.9. The zero-order valence-electron chi connectivity index (χ0n) is 50.9. The van der Waals surface area contributed by atoms with Crippen LogP contribution in [-0.4, -0.2) is 163 Å². The zero-order chi connectivity index (χ0) is 66.0. The molecule has 498 valence electrons. The molecule has 2 fully saturated rings. The Balaban J connectivity index is 0.987. The highest BCUT2D eigenvalue weighted by molar-refractivity contribution is 5.76. The van der Waals surface area contributed by atoms with Gasteiger partial charge in [0, 0.05) is 12.8 Å². The van der Waals surface area contributed by atoms with Gasteiger partial charge in [-0.2, -0.15) is 5.26 Å². The van der Waals surface area contributed by atoms with E-state index in [0.29, 0.717) is 16.7 Å². The van der Waals surface area contributed by atoms with E-state index in [0.717, 1.165) is 11.1 Å². The van der Waals surface area contributed by atoms with Crippen molar-refractivity contribution in [2.75, 3.05) is 19.7 Å². The van der Waals surface area contributed by atoms with Crippen LogP contribution in [0.1, 0.15) is 47.1 Å². The maximum atomic E-state index is 14.0. The highest BCUT2D eigenvalue weighted by Crippen LogP contribution is 2.35. The first kappa shape index (κ1) is 68.9. The van der Waals surface area contributed by atoms with Gasteiger partial charge in [0.2, 0.25) is 5.91 Å². The Morgan fingerprint density at radius 3 is 1.23 bits per heavy atom. The van der Waals surface area contributed by atoms with Crippen LogP contribution in [0.25, 0.3) is 0 Å². The Morgan fingerprint density at radius 2 is 0.830 bits per heavy atom. The summed E-state index contributed by atoms with van der Waals surface area (Å²) in [5.41, 5.74) is 3.47. The topological polar surface area (TPSA) is 361 Å². The molecule has 5 aromatic rings. The number of carbonyl (C=O) groups excluding carboxylic acids is 6. The van der Waals surface area contributed by atoms with E-state index in [1.165, 1.54) is 12.2 Å². The molecule has 27 heteroatoms. The van der Waals surface area contributed by atoms with Crippen molar-refractivity contribution in [1.82, 2.24) is 31.9 Å². The van der Waals surface area contributed by atoms with Crippen molar-refractivity contribution in [1.29, 1.82) is 5.26 Å². The second-order valence-electron chi connectivity index (χ2n) is 22.1. The van der Waals surface area contributed by atoms with Crippen molar-refractivity contribution in [2.45, 2.75) is 144 Å². The number of carbonyl (C=O) groups is 6. The molecule has 9 N–H and O–H groups in total. The normalized spacial score (nSPS) is 26.0. The third-order valence-corrected chi connectivity index (χ3v) is 15.2. The molecule has 0 aromatic heterocycles. The van der Waals surface area contributed by atoms with Gasteiger partial charge in [0.05, 0.1) is 50.1 Å². The predicted molar refractivity (Wildman–Crippen MR) is 329 cm³/mol. The molecule has 9 rings (SSSR count). The van der Waals surface area contributed by atoms with Crippen molar-refractivity contribution < 1.29 is 96.2 Å². The van der Waals surface area contributed by atoms with Crippen LogP contribution in [0, 0.1) is 11.3 Å². The number of aliphatic hydroxyl groups is 3. The smallest absolute Gasteiger partial charge is 0.408 e. The summed E-state index contributed by atoms with van der Waals surface area (Å²) in [6, 6.07) is 41.4. The standard InChI is InChI=1S/C67H75N7O20/c68-32-16-27-54(76)71-51-33-52(74-67(83)88-41-46-25-14-5-15-26-46)57(92-60-49(72-65(81)86-39-44-21-10-3-11-22-44)30-28-47(89-60)34-69-63(79)84-37-42-17-6-1-7-18-42)59(55(51)77)94-62-56(78)58(53(36-75)91-62)93-61-50(73-66(82)87-40-45-23-12-4-13-24-45)31-29-48(90-61)35-70-64(80)85-38-43-19-8-2-9-20-43/h1-15,17-26,28-31,47-53,55-62,75,77-78H,16,27,33-41H2,(H,69,79)(H,70,80)(H,71,76)(H,72,81)(H,73,82)(H,74,83)/t47-,48+,49+,50+,51+,52-,53+,55-,56+,57+,58+,59+,60+,61+,62-/m0/s1. The average molecular weight is 1300 g/mol. The van der Waals surface area contributed by atoms with Gasteiger partial charge in [-0.15, -0.1) is 0 Å². The minimum atomic E-state index is -1.90. The number of rotatable bonds is 27. The largest absolute Gasteiger partial charge is 0.445 e. The molecule has 1 saturated heterocycles. The maximum absolute atomic E-state index is 14.0. The monoisotopic (exact) mass is 1300 g/mol. The number of nitrogens with zero attached hydrogens (tertiary/aromatic N) is 1. The van der Waals surface area contributed by atoms with Crippen molar-refractivity contribution in [2.24, 2.45) is 0 Å². The summed E-state index contributed by atoms with van der Waals surface area (Å²) in [4.78, 5) is 80.5. The average Bonchev–Trinajstić information content (AvgIpc) is 1.46. The number of nitriles is 1. The molecule has 1 aliphatic carbocycles. The number of alkyl carbamates (subject to hydrolysis) is 5. The molecule has 27 nitrogen and oxygen atoms in total. The van der Waals surface area contributed by atoms with Crippen LogP contribution in [0.4, 0.5) is 24.0 Å². The SMILES string of the molecule is N#CCCC(=O)N[C@@H]1C[C@H](NC(=O)OCc2ccccc2)[C@@H](O[C@H]2O[C@H](CNC(=O)OCc3ccccc3)C=C[C@H]2NC(=O)OCc2ccccc2)[C@H](O[C@@H]2O[C@H](CO)[C@@H](O[C@H]3O[C@@H](CNC(=O)OCc4ccccc4)C=C[C@H]3NC(=O)OCc3ccccc3)[C@H]2O)[C@H]1O. The first-order valence-corrected chi connectivity index (χ1v) is 30.5. The lowest BCUT2D eigenvalue weighted by molar-refractivity contribution is -0.282. The van der Waals surface area contributed by atoms with Gasteiger partial charge in [0.1, 0.15) is 81.7 Å². The fourth-order valence-corrected chi connectivity index (χ4v) is 10.5. The number of ether oxygens (including phenoxy) is 11. The van der Waals surface area contributed by atoms with Gasteiger partial charge in [0.25, 0.3) is 0 Å². The number of aliphatic hydroxyl groups excluding tert-OH is 3. The fourth-order valence-electron chi connectivity index (χ4n) is 10.5. The van der Waals surface area contributed by atoms with Crippen LogP contribution in [-0.2, 0) is 89.9 Å². The Kier molecular flexibility index (Phi) is 26.0. The van der Waals surface area contributed by atoms with E-state index in [4.69, 9.17) is 52.1 Å². The van der Waals surface area contributed by atoms with E-state index in [1.807, 2.05) is 18.2 Å².